The minimum absolute atomic E-state index is 0.282. The van der Waals surface area contributed by atoms with Crippen LogP contribution >= 0.6 is 12.2 Å². The minimum atomic E-state index is -3.42. The topological polar surface area (TPSA) is 79.3 Å². The van der Waals surface area contributed by atoms with E-state index >= 15 is 0 Å². The van der Waals surface area contributed by atoms with Crippen LogP contribution in [0.15, 0.2) is 85.2 Å². The standard InChI is InChI=1S/C26H24FN5O2S2/c1-17-15-20(11-12-21(17)30-36(2,33)34)32-25(24(29-26(32)35)22-9-3-4-13-28-22)23-10-6-14-31(23)19-8-5-7-18(27)16-19/h3-16,24-25,30H,1-2H3,(H,29,35)/t24-,25+/m0/s1. The normalized spacial score (nSPS) is 17.8. The third-order valence-corrected chi connectivity index (χ3v) is 6.96. The molecule has 0 saturated carbocycles. The van der Waals surface area contributed by atoms with Gasteiger partial charge in [0.05, 0.1) is 23.7 Å². The van der Waals surface area contributed by atoms with E-state index in [-0.39, 0.29) is 17.9 Å². The zero-order chi connectivity index (χ0) is 25.4. The second-order valence-corrected chi connectivity index (χ2v) is 10.8. The van der Waals surface area contributed by atoms with Crippen molar-refractivity contribution in [2.45, 2.75) is 19.0 Å². The molecule has 36 heavy (non-hydrogen) atoms. The van der Waals surface area contributed by atoms with Crippen LogP contribution in [0.4, 0.5) is 15.8 Å². The lowest BCUT2D eigenvalue weighted by Gasteiger charge is -2.29. The maximum atomic E-state index is 14.1. The summed E-state index contributed by atoms with van der Waals surface area (Å²) in [5.41, 5.74) is 4.43. The van der Waals surface area contributed by atoms with Crippen LogP contribution < -0.4 is 14.9 Å². The molecular weight excluding hydrogens is 497 g/mol. The van der Waals surface area contributed by atoms with Crippen molar-refractivity contribution >= 4 is 38.7 Å². The number of benzene rings is 2. The third kappa shape index (κ3) is 4.69. The van der Waals surface area contributed by atoms with E-state index in [9.17, 15) is 12.8 Å². The number of hydrogen-bond acceptors (Lipinski definition) is 4. The van der Waals surface area contributed by atoms with Crippen LogP contribution in [-0.2, 0) is 10.0 Å². The predicted octanol–water partition coefficient (Wildman–Crippen LogP) is 4.87. The molecule has 0 aliphatic carbocycles. The van der Waals surface area contributed by atoms with Crippen LogP contribution in [0.25, 0.3) is 5.69 Å². The molecule has 1 saturated heterocycles. The zero-order valence-electron chi connectivity index (χ0n) is 19.6. The van der Waals surface area contributed by atoms with Crippen molar-refractivity contribution in [3.05, 3.63) is 108 Å². The molecule has 184 valence electrons. The lowest BCUT2D eigenvalue weighted by Crippen LogP contribution is -2.30. The van der Waals surface area contributed by atoms with Crippen LogP contribution in [0.5, 0.6) is 0 Å². The summed E-state index contributed by atoms with van der Waals surface area (Å²) in [4.78, 5) is 6.57. The van der Waals surface area contributed by atoms with Crippen molar-refractivity contribution in [2.75, 3.05) is 15.9 Å². The van der Waals surface area contributed by atoms with Gasteiger partial charge in [0.15, 0.2) is 5.11 Å². The van der Waals surface area contributed by atoms with Gasteiger partial charge >= 0.3 is 0 Å². The minimum Gasteiger partial charge on any atom is -0.351 e. The van der Waals surface area contributed by atoms with Gasteiger partial charge in [-0.1, -0.05) is 12.1 Å². The van der Waals surface area contributed by atoms with Gasteiger partial charge in [-0.05, 0) is 85.4 Å². The number of sulfonamides is 1. The third-order valence-electron chi connectivity index (χ3n) is 6.05. The lowest BCUT2D eigenvalue weighted by molar-refractivity contribution is 0.549. The molecule has 0 amide bonds. The molecule has 1 aliphatic heterocycles. The number of thiocarbonyl (C=S) groups is 1. The molecule has 0 bridgehead atoms. The summed E-state index contributed by atoms with van der Waals surface area (Å²) in [7, 11) is -3.42. The maximum absolute atomic E-state index is 14.1. The van der Waals surface area contributed by atoms with Gasteiger partial charge in [-0.15, -0.1) is 0 Å². The molecule has 4 aromatic rings. The number of halogens is 1. The highest BCUT2D eigenvalue weighted by atomic mass is 32.2. The van der Waals surface area contributed by atoms with Gasteiger partial charge in [0.1, 0.15) is 11.9 Å². The number of rotatable bonds is 6. The molecule has 10 heteroatoms. The molecule has 7 nitrogen and oxygen atoms in total. The first-order valence-corrected chi connectivity index (χ1v) is 13.5. The Kier molecular flexibility index (Phi) is 6.23. The molecule has 2 aromatic carbocycles. The summed E-state index contributed by atoms with van der Waals surface area (Å²) in [6.45, 7) is 1.84. The first-order valence-electron chi connectivity index (χ1n) is 11.2. The van der Waals surface area contributed by atoms with Gasteiger partial charge in [0.25, 0.3) is 0 Å². The number of nitrogens with one attached hydrogen (secondary N) is 2. The summed E-state index contributed by atoms with van der Waals surface area (Å²) in [6.07, 6.45) is 4.75. The summed E-state index contributed by atoms with van der Waals surface area (Å²) in [5, 5.41) is 3.92. The van der Waals surface area contributed by atoms with E-state index in [1.165, 1.54) is 12.1 Å². The van der Waals surface area contributed by atoms with Gasteiger partial charge in [0.2, 0.25) is 10.0 Å². The average molecular weight is 522 g/mol. The Morgan fingerprint density at radius 2 is 1.86 bits per heavy atom. The van der Waals surface area contributed by atoms with E-state index < -0.39 is 10.0 Å². The summed E-state index contributed by atoms with van der Waals surface area (Å²) in [6, 6.07) is 20.9. The van der Waals surface area contributed by atoms with Crippen molar-refractivity contribution in [2.24, 2.45) is 0 Å². The summed E-state index contributed by atoms with van der Waals surface area (Å²) in [5.74, 6) is -0.324. The highest BCUT2D eigenvalue weighted by Gasteiger charge is 2.42. The number of anilines is 2. The van der Waals surface area contributed by atoms with Gasteiger partial charge in [-0.3, -0.25) is 9.71 Å². The van der Waals surface area contributed by atoms with Crippen LogP contribution in [0, 0.1) is 12.7 Å². The van der Waals surface area contributed by atoms with Crippen LogP contribution in [0.1, 0.15) is 29.0 Å². The molecule has 2 aromatic heterocycles. The van der Waals surface area contributed by atoms with Gasteiger partial charge in [-0.25, -0.2) is 12.8 Å². The first kappa shape index (κ1) is 24.0. The lowest BCUT2D eigenvalue weighted by atomic mass is 10.0. The number of nitrogens with zero attached hydrogens (tertiary/aromatic N) is 3. The molecule has 3 heterocycles. The van der Waals surface area contributed by atoms with E-state index in [1.54, 1.807) is 18.3 Å². The van der Waals surface area contributed by atoms with Crippen LogP contribution in [0.2, 0.25) is 0 Å². The Hall–Kier alpha value is -3.76. The van der Waals surface area contributed by atoms with E-state index in [1.807, 2.05) is 71.1 Å². The Morgan fingerprint density at radius 3 is 2.56 bits per heavy atom. The number of pyridine rings is 1. The second kappa shape index (κ2) is 9.36. The van der Waals surface area contributed by atoms with Crippen molar-refractivity contribution in [1.82, 2.24) is 14.9 Å². The van der Waals surface area contributed by atoms with Crippen LogP contribution in [-0.4, -0.2) is 29.3 Å². The fraction of sp³-hybridized carbons (Fsp3) is 0.154. The Bertz CT molecular complexity index is 1540. The van der Waals surface area contributed by atoms with Gasteiger partial charge in [-0.2, -0.15) is 0 Å². The SMILES string of the molecule is Cc1cc(N2C(=S)N[C@@H](c3ccccn3)[C@H]2c2cccn2-c2cccc(F)c2)ccc1NS(C)(=O)=O. The van der Waals surface area contributed by atoms with E-state index in [0.717, 1.165) is 28.9 Å². The summed E-state index contributed by atoms with van der Waals surface area (Å²) >= 11 is 5.80. The predicted molar refractivity (Wildman–Crippen MR) is 143 cm³/mol. The maximum Gasteiger partial charge on any atom is 0.229 e. The van der Waals surface area contributed by atoms with Crippen molar-refractivity contribution < 1.29 is 12.8 Å². The largest absolute Gasteiger partial charge is 0.351 e. The van der Waals surface area contributed by atoms with E-state index in [0.29, 0.717) is 16.5 Å². The Labute approximate surface area is 214 Å². The molecule has 5 rings (SSSR count). The Balaban J connectivity index is 1.64. The number of aryl methyl sites for hydroxylation is 1. The smallest absolute Gasteiger partial charge is 0.229 e. The van der Waals surface area contributed by atoms with Crippen molar-refractivity contribution in [3.8, 4) is 5.69 Å². The molecule has 2 N–H and O–H groups in total. The molecule has 2 atom stereocenters. The van der Waals surface area contributed by atoms with Crippen molar-refractivity contribution in [3.63, 3.8) is 0 Å². The molecule has 1 fully saturated rings. The molecular formula is C26H24FN5O2S2. The van der Waals surface area contributed by atoms with Gasteiger partial charge in [0, 0.05) is 29.5 Å². The highest BCUT2D eigenvalue weighted by Crippen LogP contribution is 2.43. The highest BCUT2D eigenvalue weighted by molar-refractivity contribution is 7.92. The summed E-state index contributed by atoms with van der Waals surface area (Å²) < 4.78 is 42.1. The monoisotopic (exact) mass is 521 g/mol. The van der Waals surface area contributed by atoms with E-state index in [4.69, 9.17) is 12.2 Å². The molecule has 0 radical (unpaired) electrons. The molecule has 0 spiro atoms. The Morgan fingerprint density at radius 1 is 1.03 bits per heavy atom. The number of hydrogen-bond donors (Lipinski definition) is 2. The first-order chi connectivity index (χ1) is 17.2. The zero-order valence-corrected chi connectivity index (χ0v) is 21.2. The fourth-order valence-corrected chi connectivity index (χ4v) is 5.52. The molecule has 0 unspecified atom stereocenters. The van der Waals surface area contributed by atoms with E-state index in [2.05, 4.69) is 15.0 Å². The quantitative estimate of drug-likeness (QED) is 0.353. The van der Waals surface area contributed by atoms with Gasteiger partial charge < -0.3 is 14.8 Å². The fourth-order valence-electron chi connectivity index (χ4n) is 4.54. The number of aromatic nitrogens is 2. The second-order valence-electron chi connectivity index (χ2n) is 8.65. The molecule has 1 aliphatic rings. The van der Waals surface area contributed by atoms with Crippen LogP contribution in [0.3, 0.4) is 0 Å². The van der Waals surface area contributed by atoms with Crippen molar-refractivity contribution in [1.29, 1.82) is 0 Å². The average Bonchev–Trinajstić information content (AvgIpc) is 3.44.